The minimum atomic E-state index is -1.13. The number of quaternary nitrogens is 1. The fourth-order valence-corrected chi connectivity index (χ4v) is 3.86. The summed E-state index contributed by atoms with van der Waals surface area (Å²) in [5.41, 5.74) is 2.94. The number of rotatable bonds is 3. The van der Waals surface area contributed by atoms with Crippen molar-refractivity contribution in [3.8, 4) is 5.75 Å². The number of benzene rings is 2. The Balaban J connectivity index is 2.22. The van der Waals surface area contributed by atoms with Crippen molar-refractivity contribution in [2.24, 2.45) is 5.41 Å². The molecule has 0 radical (unpaired) electrons. The van der Waals surface area contributed by atoms with E-state index in [4.69, 9.17) is 4.74 Å². The molecule has 0 spiro atoms. The molecule has 1 aliphatic heterocycles. The van der Waals surface area contributed by atoms with Crippen LogP contribution in [-0.4, -0.2) is 13.2 Å². The second-order valence-electron chi connectivity index (χ2n) is 7.56. The van der Waals surface area contributed by atoms with Crippen molar-refractivity contribution in [3.63, 3.8) is 0 Å². The highest BCUT2D eigenvalue weighted by atomic mass is 79.9. The molecule has 0 saturated carbocycles. The molecule has 1 heterocycles. The van der Waals surface area contributed by atoms with Gasteiger partial charge in [0, 0.05) is 33.2 Å². The normalized spacial score (nSPS) is 19.0. The number of carboxylic acid groups (broad SMARTS) is 1. The Morgan fingerprint density at radius 2 is 1.81 bits per heavy atom. The Morgan fingerprint density at radius 1 is 1.15 bits per heavy atom. The van der Waals surface area contributed by atoms with Crippen molar-refractivity contribution in [1.29, 1.82) is 0 Å². The van der Waals surface area contributed by atoms with Crippen LogP contribution in [0.5, 0.6) is 5.75 Å². The van der Waals surface area contributed by atoms with Crippen LogP contribution in [0.1, 0.15) is 31.9 Å². The number of amides is 1. The zero-order valence-corrected chi connectivity index (χ0v) is 17.0. The quantitative estimate of drug-likeness (QED) is 0.681. The van der Waals surface area contributed by atoms with E-state index in [1.165, 1.54) is 0 Å². The predicted molar refractivity (Wildman–Crippen MR) is 105 cm³/mol. The number of fused-ring (bicyclic) bond motifs is 1. The van der Waals surface area contributed by atoms with E-state index in [1.807, 2.05) is 63.2 Å². The molecule has 1 aliphatic rings. The summed E-state index contributed by atoms with van der Waals surface area (Å²) in [6.07, 6.45) is 0.838. The number of nitrogens with zero attached hydrogens (tertiary/aromatic N) is 1. The van der Waals surface area contributed by atoms with Crippen molar-refractivity contribution >= 4 is 33.8 Å². The lowest BCUT2D eigenvalue weighted by atomic mass is 9.89. The van der Waals surface area contributed by atoms with Crippen molar-refractivity contribution in [3.05, 3.63) is 63.8 Å². The molecule has 0 N–H and O–H groups in total. The van der Waals surface area contributed by atoms with E-state index in [9.17, 15) is 9.90 Å². The van der Waals surface area contributed by atoms with Crippen molar-refractivity contribution < 1.29 is 14.6 Å². The number of methoxy groups -OCH3 is 1. The van der Waals surface area contributed by atoms with Gasteiger partial charge in [-0.2, -0.15) is 0 Å². The standard InChI is InChI=1S/C21H22BrNO3/c1-21(2,3)19-12-15-11-17(26-4)9-10-18(15)23(19,20(24)25)13-14-5-7-16(22)8-6-14/h5-12H,13H2,1-4H3. The second-order valence-corrected chi connectivity index (χ2v) is 8.48. The minimum absolute atomic E-state index is 0.290. The molecule has 0 fully saturated rings. The summed E-state index contributed by atoms with van der Waals surface area (Å²) in [7, 11) is 1.60. The van der Waals surface area contributed by atoms with E-state index in [0.29, 0.717) is 11.4 Å². The summed E-state index contributed by atoms with van der Waals surface area (Å²) in [6.45, 7) is 6.37. The van der Waals surface area contributed by atoms with E-state index in [0.717, 1.165) is 21.3 Å². The highest BCUT2D eigenvalue weighted by Gasteiger charge is 2.49. The number of halogens is 1. The molecule has 5 heteroatoms. The first-order valence-electron chi connectivity index (χ1n) is 8.44. The lowest BCUT2D eigenvalue weighted by Crippen LogP contribution is -2.59. The molecular formula is C21H22BrNO3. The largest absolute Gasteiger partial charge is 0.498 e. The van der Waals surface area contributed by atoms with Gasteiger partial charge in [-0.05, 0) is 24.3 Å². The van der Waals surface area contributed by atoms with Gasteiger partial charge in [0.15, 0.2) is 5.69 Å². The van der Waals surface area contributed by atoms with Crippen molar-refractivity contribution in [1.82, 2.24) is 4.48 Å². The Bertz CT molecular complexity index is 881. The molecule has 1 atom stereocenters. The van der Waals surface area contributed by atoms with Crippen LogP contribution in [0.3, 0.4) is 0 Å². The number of hydrogen-bond acceptors (Lipinski definition) is 3. The van der Waals surface area contributed by atoms with Crippen LogP contribution in [0.2, 0.25) is 0 Å². The maximum Gasteiger partial charge on any atom is 0.268 e. The van der Waals surface area contributed by atoms with Crippen LogP contribution in [0.4, 0.5) is 10.5 Å². The third-order valence-electron chi connectivity index (χ3n) is 4.76. The van der Waals surface area contributed by atoms with E-state index >= 15 is 0 Å². The number of carbonyl (C=O) groups is 1. The predicted octanol–water partition coefficient (Wildman–Crippen LogP) is 4.71. The van der Waals surface area contributed by atoms with Crippen LogP contribution < -0.4 is 14.3 Å². The van der Waals surface area contributed by atoms with Crippen molar-refractivity contribution in [2.45, 2.75) is 27.3 Å². The van der Waals surface area contributed by atoms with Crippen LogP contribution in [-0.2, 0) is 6.54 Å². The summed E-state index contributed by atoms with van der Waals surface area (Å²) in [5, 5.41) is 12.5. The summed E-state index contributed by atoms with van der Waals surface area (Å²) in [4.78, 5) is 12.5. The number of allylic oxidation sites excluding steroid dienone is 1. The topological polar surface area (TPSA) is 49.4 Å². The third kappa shape index (κ3) is 3.06. The van der Waals surface area contributed by atoms with Gasteiger partial charge in [-0.3, -0.25) is 0 Å². The van der Waals surface area contributed by atoms with Gasteiger partial charge in [-0.25, -0.2) is 4.48 Å². The Hall–Kier alpha value is -2.11. The lowest BCUT2D eigenvalue weighted by molar-refractivity contribution is -0.263. The maximum atomic E-state index is 12.5. The molecule has 0 saturated heterocycles. The van der Waals surface area contributed by atoms with Crippen molar-refractivity contribution in [2.75, 3.05) is 7.11 Å². The zero-order chi connectivity index (χ0) is 19.1. The maximum absolute atomic E-state index is 12.5. The number of carbonyl (C=O) groups excluding carboxylic acids is 1. The second kappa shape index (κ2) is 6.56. The summed E-state index contributed by atoms with van der Waals surface area (Å²) >= 11 is 3.43. The average molecular weight is 416 g/mol. The smallest absolute Gasteiger partial charge is 0.268 e. The van der Waals surface area contributed by atoms with Gasteiger partial charge in [0.1, 0.15) is 18.0 Å². The van der Waals surface area contributed by atoms with E-state index in [1.54, 1.807) is 13.2 Å². The molecule has 4 nitrogen and oxygen atoms in total. The Morgan fingerprint density at radius 3 is 2.35 bits per heavy atom. The average Bonchev–Trinajstić information content (AvgIpc) is 2.92. The highest BCUT2D eigenvalue weighted by Crippen LogP contribution is 2.49. The molecule has 136 valence electrons. The molecule has 2 aromatic carbocycles. The van der Waals surface area contributed by atoms with Gasteiger partial charge >= 0.3 is 0 Å². The van der Waals surface area contributed by atoms with Gasteiger partial charge in [-0.15, -0.1) is 0 Å². The molecule has 2 aromatic rings. The summed E-state index contributed by atoms with van der Waals surface area (Å²) in [6, 6.07) is 13.2. The monoisotopic (exact) mass is 415 g/mol. The van der Waals surface area contributed by atoms with Gasteiger partial charge in [-0.1, -0.05) is 48.8 Å². The Labute approximate surface area is 162 Å². The molecule has 1 amide bonds. The molecule has 3 rings (SSSR count). The van der Waals surface area contributed by atoms with Crippen LogP contribution in [0.25, 0.3) is 6.08 Å². The van der Waals surface area contributed by atoms with Crippen LogP contribution in [0.15, 0.2) is 52.6 Å². The molecule has 26 heavy (non-hydrogen) atoms. The number of hydrogen-bond donors (Lipinski definition) is 0. The van der Waals surface area contributed by atoms with E-state index in [2.05, 4.69) is 15.9 Å². The van der Waals surface area contributed by atoms with Gasteiger partial charge in [0.2, 0.25) is 0 Å². The van der Waals surface area contributed by atoms with E-state index in [-0.39, 0.29) is 16.4 Å². The fourth-order valence-electron chi connectivity index (χ4n) is 3.59. The zero-order valence-electron chi connectivity index (χ0n) is 15.4. The molecule has 0 aliphatic carbocycles. The first-order valence-corrected chi connectivity index (χ1v) is 9.23. The molecule has 0 aromatic heterocycles. The number of ether oxygens (including phenoxy) is 1. The minimum Gasteiger partial charge on any atom is -0.498 e. The van der Waals surface area contributed by atoms with Gasteiger partial charge in [0.25, 0.3) is 6.09 Å². The molecule has 0 bridgehead atoms. The first kappa shape index (κ1) is 18.7. The van der Waals surface area contributed by atoms with Crippen LogP contribution >= 0.6 is 15.9 Å². The van der Waals surface area contributed by atoms with Crippen LogP contribution in [0, 0.1) is 5.41 Å². The van der Waals surface area contributed by atoms with E-state index < -0.39 is 6.09 Å². The third-order valence-corrected chi connectivity index (χ3v) is 5.29. The molecular weight excluding hydrogens is 394 g/mol. The summed E-state index contributed by atoms with van der Waals surface area (Å²) in [5.74, 6) is 0.704. The van der Waals surface area contributed by atoms with Gasteiger partial charge < -0.3 is 14.6 Å². The highest BCUT2D eigenvalue weighted by molar-refractivity contribution is 9.10. The van der Waals surface area contributed by atoms with Gasteiger partial charge in [0.05, 0.1) is 7.11 Å². The Kier molecular flexibility index (Phi) is 4.71. The molecule has 1 unspecified atom stereocenters. The summed E-state index contributed by atoms with van der Waals surface area (Å²) < 4.78 is 5.94. The lowest BCUT2D eigenvalue weighted by Gasteiger charge is -2.40. The fraction of sp³-hybridized carbons (Fsp3) is 0.286. The first-order chi connectivity index (χ1) is 12.2. The SMILES string of the molecule is COc1ccc2c(c1)C=C(C(C)(C)C)[N+]2(Cc1ccc(Br)cc1)C(=O)[O-].